The Kier molecular flexibility index (Phi) is 5.63. The zero-order valence-corrected chi connectivity index (χ0v) is 16.6. The van der Waals surface area contributed by atoms with Gasteiger partial charge in [0.25, 0.3) is 0 Å². The van der Waals surface area contributed by atoms with Crippen LogP contribution >= 0.6 is 0 Å². The van der Waals surface area contributed by atoms with Crippen LogP contribution in [0, 0.1) is 5.92 Å². The fourth-order valence-electron chi connectivity index (χ4n) is 3.41. The normalized spacial score (nSPS) is 16.7. The van der Waals surface area contributed by atoms with Gasteiger partial charge in [0.15, 0.2) is 0 Å². The van der Waals surface area contributed by atoms with E-state index < -0.39 is 0 Å². The number of aromatic nitrogens is 2. The summed E-state index contributed by atoms with van der Waals surface area (Å²) < 4.78 is 2.32. The molecule has 1 N–H and O–H groups in total. The topological polar surface area (TPSA) is 53.4 Å². The van der Waals surface area contributed by atoms with E-state index in [1.807, 2.05) is 26.0 Å². The number of nitrogens with zero attached hydrogens (tertiary/aromatic N) is 4. The van der Waals surface area contributed by atoms with Crippen molar-refractivity contribution < 1.29 is 4.79 Å². The number of imidazole rings is 1. The molecule has 0 bridgehead atoms. The lowest BCUT2D eigenvalue weighted by molar-refractivity contribution is -0.118. The van der Waals surface area contributed by atoms with Gasteiger partial charge in [0.1, 0.15) is 5.82 Å². The number of likely N-dealkylation sites (N-methyl/N-ethyl adjacent to an activating group) is 1. The Balaban J connectivity index is 1.87. The lowest BCUT2D eigenvalue weighted by Gasteiger charge is -2.32. The summed E-state index contributed by atoms with van der Waals surface area (Å²) >= 11 is 0. The summed E-state index contributed by atoms with van der Waals surface area (Å²) in [5.74, 6) is 1.10. The first kappa shape index (κ1) is 18.9. The second-order valence-electron chi connectivity index (χ2n) is 7.92. The molecule has 1 aromatic carbocycles. The number of hydrogen-bond acceptors (Lipinski definition) is 4. The van der Waals surface area contributed by atoms with Gasteiger partial charge in [0.2, 0.25) is 5.91 Å². The van der Waals surface area contributed by atoms with Crippen LogP contribution in [0.5, 0.6) is 0 Å². The highest BCUT2D eigenvalue weighted by Crippen LogP contribution is 2.25. The van der Waals surface area contributed by atoms with Gasteiger partial charge in [-0.2, -0.15) is 0 Å². The molecule has 0 saturated carbocycles. The number of nitrogens with one attached hydrogen (secondary N) is 1. The minimum absolute atomic E-state index is 0.0327. The molecular formula is C20H31N5O. The van der Waals surface area contributed by atoms with Crippen LogP contribution in [0.2, 0.25) is 0 Å². The maximum Gasteiger partial charge on any atom is 0.226 e. The fourth-order valence-corrected chi connectivity index (χ4v) is 3.41. The van der Waals surface area contributed by atoms with Gasteiger partial charge in [-0.15, -0.1) is 0 Å². The molecule has 26 heavy (non-hydrogen) atoms. The minimum Gasteiger partial charge on any atom is -0.326 e. The maximum absolute atomic E-state index is 12.0. The molecule has 2 heterocycles. The third-order valence-electron chi connectivity index (χ3n) is 5.03. The fraction of sp³-hybridized carbons (Fsp3) is 0.600. The molecule has 1 saturated heterocycles. The van der Waals surface area contributed by atoms with E-state index in [0.717, 1.165) is 55.3 Å². The summed E-state index contributed by atoms with van der Waals surface area (Å²) in [4.78, 5) is 21.7. The first-order valence-corrected chi connectivity index (χ1v) is 9.57. The Hall–Kier alpha value is -1.92. The van der Waals surface area contributed by atoms with Crippen molar-refractivity contribution in [3.05, 3.63) is 24.0 Å². The Labute approximate surface area is 156 Å². The molecule has 2 aromatic rings. The number of rotatable bonds is 5. The summed E-state index contributed by atoms with van der Waals surface area (Å²) in [7, 11) is 2.17. The second-order valence-corrected chi connectivity index (χ2v) is 7.92. The highest BCUT2D eigenvalue weighted by molar-refractivity contribution is 5.94. The van der Waals surface area contributed by atoms with E-state index >= 15 is 0 Å². The van der Waals surface area contributed by atoms with Gasteiger partial charge in [0.05, 0.1) is 17.6 Å². The molecule has 0 aliphatic carbocycles. The van der Waals surface area contributed by atoms with Crippen LogP contribution in [0.4, 0.5) is 5.69 Å². The van der Waals surface area contributed by atoms with Gasteiger partial charge in [0, 0.05) is 43.8 Å². The highest BCUT2D eigenvalue weighted by atomic mass is 16.1. The number of piperazine rings is 1. The van der Waals surface area contributed by atoms with Crippen molar-refractivity contribution in [2.24, 2.45) is 5.92 Å². The number of anilines is 1. The lowest BCUT2D eigenvalue weighted by Crippen LogP contribution is -2.44. The van der Waals surface area contributed by atoms with Crippen LogP contribution in [0.3, 0.4) is 0 Å². The molecule has 1 amide bonds. The SMILES string of the molecule is CC(C)C(=O)Nc1ccc2c(c1)nc(CN1CCN(C)CC1)n2C(C)C. The van der Waals surface area contributed by atoms with Crippen LogP contribution in [0.25, 0.3) is 11.0 Å². The molecule has 6 heteroatoms. The minimum atomic E-state index is -0.0355. The number of carbonyl (C=O) groups excluding carboxylic acids is 1. The summed E-state index contributed by atoms with van der Waals surface area (Å²) in [6.45, 7) is 13.4. The molecule has 0 radical (unpaired) electrons. The standard InChI is InChI=1S/C20H31N5O/c1-14(2)20(26)21-16-6-7-18-17(12-16)22-19(25(18)15(3)4)13-24-10-8-23(5)9-11-24/h6-7,12,14-15H,8-11,13H2,1-5H3,(H,21,26). The number of carbonyl (C=O) groups is 1. The van der Waals surface area contributed by atoms with E-state index in [0.29, 0.717) is 6.04 Å². The van der Waals surface area contributed by atoms with E-state index in [1.165, 1.54) is 0 Å². The van der Waals surface area contributed by atoms with Crippen molar-refractivity contribution in [3.63, 3.8) is 0 Å². The first-order valence-electron chi connectivity index (χ1n) is 9.57. The average Bonchev–Trinajstić information content (AvgIpc) is 2.94. The Morgan fingerprint density at radius 3 is 2.46 bits per heavy atom. The largest absolute Gasteiger partial charge is 0.326 e. The molecule has 6 nitrogen and oxygen atoms in total. The molecule has 0 atom stereocenters. The van der Waals surface area contributed by atoms with E-state index in [4.69, 9.17) is 4.98 Å². The van der Waals surface area contributed by atoms with Crippen molar-refractivity contribution in [2.45, 2.75) is 40.3 Å². The average molecular weight is 358 g/mol. The van der Waals surface area contributed by atoms with E-state index in [9.17, 15) is 4.79 Å². The molecule has 1 aromatic heterocycles. The third kappa shape index (κ3) is 4.07. The van der Waals surface area contributed by atoms with Crippen LogP contribution in [0.1, 0.15) is 39.6 Å². The molecule has 1 aliphatic heterocycles. The van der Waals surface area contributed by atoms with Crippen molar-refractivity contribution >= 4 is 22.6 Å². The maximum atomic E-state index is 12.0. The smallest absolute Gasteiger partial charge is 0.226 e. The van der Waals surface area contributed by atoms with Gasteiger partial charge < -0.3 is 14.8 Å². The van der Waals surface area contributed by atoms with Crippen LogP contribution < -0.4 is 5.32 Å². The Morgan fingerprint density at radius 2 is 1.85 bits per heavy atom. The molecule has 0 unspecified atom stereocenters. The van der Waals surface area contributed by atoms with Gasteiger partial charge in [-0.1, -0.05) is 13.8 Å². The zero-order chi connectivity index (χ0) is 18.8. The number of benzene rings is 1. The van der Waals surface area contributed by atoms with Crippen molar-refractivity contribution in [1.82, 2.24) is 19.4 Å². The third-order valence-corrected chi connectivity index (χ3v) is 5.03. The molecular weight excluding hydrogens is 326 g/mol. The molecule has 0 spiro atoms. The summed E-state index contributed by atoms with van der Waals surface area (Å²) in [6.07, 6.45) is 0. The molecule has 3 rings (SSSR count). The van der Waals surface area contributed by atoms with Crippen LogP contribution in [0.15, 0.2) is 18.2 Å². The summed E-state index contributed by atoms with van der Waals surface area (Å²) in [5.41, 5.74) is 2.90. The number of fused-ring (bicyclic) bond motifs is 1. The first-order chi connectivity index (χ1) is 12.3. The lowest BCUT2D eigenvalue weighted by atomic mass is 10.2. The van der Waals surface area contributed by atoms with E-state index in [1.54, 1.807) is 0 Å². The monoisotopic (exact) mass is 357 g/mol. The summed E-state index contributed by atoms with van der Waals surface area (Å²) in [6, 6.07) is 6.38. The number of amides is 1. The van der Waals surface area contributed by atoms with Gasteiger partial charge in [-0.25, -0.2) is 4.98 Å². The van der Waals surface area contributed by atoms with Crippen molar-refractivity contribution in [2.75, 3.05) is 38.5 Å². The zero-order valence-electron chi connectivity index (χ0n) is 16.6. The van der Waals surface area contributed by atoms with E-state index in [2.05, 4.69) is 46.6 Å². The predicted octanol–water partition coefficient (Wildman–Crippen LogP) is 2.96. The molecule has 142 valence electrons. The Bertz CT molecular complexity index is 772. The Morgan fingerprint density at radius 1 is 1.15 bits per heavy atom. The van der Waals surface area contributed by atoms with Gasteiger partial charge in [-0.05, 0) is 39.1 Å². The predicted molar refractivity (Wildman–Crippen MR) is 106 cm³/mol. The molecule has 1 fully saturated rings. The van der Waals surface area contributed by atoms with Crippen LogP contribution in [-0.4, -0.2) is 58.5 Å². The quantitative estimate of drug-likeness (QED) is 0.894. The van der Waals surface area contributed by atoms with Crippen LogP contribution in [-0.2, 0) is 11.3 Å². The highest BCUT2D eigenvalue weighted by Gasteiger charge is 2.19. The van der Waals surface area contributed by atoms with Crippen molar-refractivity contribution in [1.29, 1.82) is 0 Å². The number of hydrogen-bond donors (Lipinski definition) is 1. The van der Waals surface area contributed by atoms with Gasteiger partial charge >= 0.3 is 0 Å². The summed E-state index contributed by atoms with van der Waals surface area (Å²) in [5, 5.41) is 2.97. The second kappa shape index (κ2) is 7.76. The van der Waals surface area contributed by atoms with Crippen molar-refractivity contribution in [3.8, 4) is 0 Å². The van der Waals surface area contributed by atoms with E-state index in [-0.39, 0.29) is 11.8 Å². The molecule has 1 aliphatic rings. The van der Waals surface area contributed by atoms with Gasteiger partial charge in [-0.3, -0.25) is 9.69 Å².